The molecule has 0 radical (unpaired) electrons. The lowest BCUT2D eigenvalue weighted by atomic mass is 10.1. The van der Waals surface area contributed by atoms with Crippen LogP contribution in [0.2, 0.25) is 0 Å². The number of nitrogens with one attached hydrogen (secondary N) is 1. The Hall–Kier alpha value is -0.900. The number of fused-ring (bicyclic) bond motifs is 1. The van der Waals surface area contributed by atoms with Crippen LogP contribution in [0.3, 0.4) is 0 Å². The fourth-order valence-corrected chi connectivity index (χ4v) is 3.64. The van der Waals surface area contributed by atoms with E-state index in [4.69, 9.17) is 0 Å². The van der Waals surface area contributed by atoms with Gasteiger partial charge in [-0.2, -0.15) is 0 Å². The number of thiophene rings is 1. The third-order valence-corrected chi connectivity index (χ3v) is 4.64. The molecule has 0 aliphatic carbocycles. The molecule has 2 nitrogen and oxygen atoms in total. The van der Waals surface area contributed by atoms with Gasteiger partial charge in [0.05, 0.1) is 0 Å². The topological polar surface area (TPSA) is 15.3 Å². The maximum Gasteiger partial charge on any atom is 0.0346 e. The summed E-state index contributed by atoms with van der Waals surface area (Å²) in [4.78, 5) is 2.57. The zero-order chi connectivity index (χ0) is 11.7. The fraction of sp³-hybridized carbons (Fsp3) is 0.429. The molecule has 3 rings (SSSR count). The van der Waals surface area contributed by atoms with Gasteiger partial charge in [0, 0.05) is 36.9 Å². The van der Waals surface area contributed by atoms with E-state index >= 15 is 0 Å². The molecule has 1 fully saturated rings. The number of piperazine rings is 1. The Morgan fingerprint density at radius 2 is 2.00 bits per heavy atom. The molecular formula is C14H18N2S. The Kier molecular flexibility index (Phi) is 3.14. The Balaban J connectivity index is 1.92. The Labute approximate surface area is 106 Å². The van der Waals surface area contributed by atoms with E-state index < -0.39 is 0 Å². The third kappa shape index (κ3) is 2.10. The Morgan fingerprint density at radius 3 is 2.82 bits per heavy atom. The molecule has 0 spiro atoms. The van der Waals surface area contributed by atoms with Crippen LogP contribution in [0.15, 0.2) is 29.6 Å². The normalized spacial score (nSPS) is 19.6. The second kappa shape index (κ2) is 4.77. The van der Waals surface area contributed by atoms with Crippen LogP contribution < -0.4 is 5.32 Å². The summed E-state index contributed by atoms with van der Waals surface area (Å²) in [6.45, 7) is 6.88. The van der Waals surface area contributed by atoms with Crippen LogP contribution in [0.25, 0.3) is 10.1 Å². The molecule has 1 aliphatic heterocycles. The lowest BCUT2D eigenvalue weighted by Gasteiger charge is -2.32. The average Bonchev–Trinajstić information content (AvgIpc) is 2.83. The van der Waals surface area contributed by atoms with Crippen molar-refractivity contribution in [1.29, 1.82) is 0 Å². The van der Waals surface area contributed by atoms with Crippen molar-refractivity contribution in [2.75, 3.05) is 26.2 Å². The van der Waals surface area contributed by atoms with E-state index in [9.17, 15) is 0 Å². The number of rotatable bonds is 2. The van der Waals surface area contributed by atoms with Crippen LogP contribution in [0.5, 0.6) is 0 Å². The van der Waals surface area contributed by atoms with Crippen LogP contribution in [-0.4, -0.2) is 31.1 Å². The predicted octanol–water partition coefficient (Wildman–Crippen LogP) is 2.87. The molecule has 0 unspecified atom stereocenters. The first-order chi connectivity index (χ1) is 8.36. The van der Waals surface area contributed by atoms with Gasteiger partial charge in [-0.15, -0.1) is 11.3 Å². The largest absolute Gasteiger partial charge is 0.314 e. The van der Waals surface area contributed by atoms with Crippen molar-refractivity contribution in [3.05, 3.63) is 35.2 Å². The van der Waals surface area contributed by atoms with Crippen molar-refractivity contribution in [2.24, 2.45) is 0 Å². The monoisotopic (exact) mass is 246 g/mol. The van der Waals surface area contributed by atoms with Gasteiger partial charge in [-0.25, -0.2) is 0 Å². The summed E-state index contributed by atoms with van der Waals surface area (Å²) in [5.74, 6) is 0. The van der Waals surface area contributed by atoms with E-state index in [0.29, 0.717) is 6.04 Å². The predicted molar refractivity (Wildman–Crippen MR) is 74.7 cm³/mol. The Bertz CT molecular complexity index is 500. The van der Waals surface area contributed by atoms with Gasteiger partial charge >= 0.3 is 0 Å². The number of hydrogen-bond donors (Lipinski definition) is 1. The van der Waals surface area contributed by atoms with Gasteiger partial charge in [0.25, 0.3) is 0 Å². The van der Waals surface area contributed by atoms with Crippen LogP contribution in [0.4, 0.5) is 0 Å². The van der Waals surface area contributed by atoms with E-state index in [-0.39, 0.29) is 0 Å². The molecule has 1 aromatic heterocycles. The first-order valence-corrected chi connectivity index (χ1v) is 7.15. The summed E-state index contributed by atoms with van der Waals surface area (Å²) in [6, 6.07) is 9.27. The molecule has 90 valence electrons. The molecule has 1 N–H and O–H groups in total. The molecule has 1 saturated heterocycles. The fourth-order valence-electron chi connectivity index (χ4n) is 2.59. The minimum atomic E-state index is 0.535. The highest BCUT2D eigenvalue weighted by molar-refractivity contribution is 7.17. The summed E-state index contributed by atoms with van der Waals surface area (Å²) in [6.07, 6.45) is 0. The van der Waals surface area contributed by atoms with Gasteiger partial charge in [0.15, 0.2) is 0 Å². The van der Waals surface area contributed by atoms with Gasteiger partial charge in [-0.05, 0) is 29.3 Å². The van der Waals surface area contributed by atoms with Crippen LogP contribution in [0, 0.1) is 0 Å². The van der Waals surface area contributed by atoms with Crippen LogP contribution >= 0.6 is 11.3 Å². The molecule has 0 amide bonds. The average molecular weight is 246 g/mol. The van der Waals surface area contributed by atoms with E-state index in [1.165, 1.54) is 15.6 Å². The lowest BCUT2D eigenvalue weighted by molar-refractivity contribution is 0.187. The second-order valence-electron chi connectivity index (χ2n) is 4.65. The Morgan fingerprint density at radius 1 is 1.24 bits per heavy atom. The third-order valence-electron chi connectivity index (χ3n) is 3.66. The molecule has 1 atom stereocenters. The summed E-state index contributed by atoms with van der Waals surface area (Å²) >= 11 is 1.86. The van der Waals surface area contributed by atoms with Gasteiger partial charge in [-0.1, -0.05) is 18.2 Å². The van der Waals surface area contributed by atoms with Gasteiger partial charge in [0.1, 0.15) is 0 Å². The second-order valence-corrected chi connectivity index (χ2v) is 5.56. The van der Waals surface area contributed by atoms with Crippen molar-refractivity contribution < 1.29 is 0 Å². The smallest absolute Gasteiger partial charge is 0.0346 e. The summed E-state index contributed by atoms with van der Waals surface area (Å²) in [7, 11) is 0. The number of hydrogen-bond acceptors (Lipinski definition) is 3. The highest BCUT2D eigenvalue weighted by Crippen LogP contribution is 2.32. The van der Waals surface area contributed by atoms with Gasteiger partial charge in [0.2, 0.25) is 0 Å². The van der Waals surface area contributed by atoms with Gasteiger partial charge in [-0.3, -0.25) is 4.90 Å². The minimum Gasteiger partial charge on any atom is -0.314 e. The molecule has 3 heteroatoms. The first kappa shape index (κ1) is 11.2. The zero-order valence-corrected chi connectivity index (χ0v) is 11.0. The molecule has 0 bridgehead atoms. The first-order valence-electron chi connectivity index (χ1n) is 6.27. The highest BCUT2D eigenvalue weighted by atomic mass is 32.1. The molecular weight excluding hydrogens is 228 g/mol. The number of benzene rings is 1. The van der Waals surface area contributed by atoms with E-state index in [0.717, 1.165) is 26.2 Å². The summed E-state index contributed by atoms with van der Waals surface area (Å²) in [5.41, 5.74) is 1.49. The maximum atomic E-state index is 3.41. The summed E-state index contributed by atoms with van der Waals surface area (Å²) in [5, 5.41) is 7.18. The van der Waals surface area contributed by atoms with E-state index in [1.54, 1.807) is 0 Å². The molecule has 2 heterocycles. The van der Waals surface area contributed by atoms with Crippen LogP contribution in [-0.2, 0) is 0 Å². The molecule has 2 aromatic rings. The maximum absolute atomic E-state index is 3.41. The standard InChI is InChI=1S/C14H18N2S/c1-11(16-8-6-15-7-9-16)13-10-17-14-5-3-2-4-12(13)14/h2-5,10-11,15H,6-9H2,1H3/t11-/m1/s1. The van der Waals surface area contributed by atoms with Crippen molar-refractivity contribution in [2.45, 2.75) is 13.0 Å². The molecule has 1 aliphatic rings. The van der Waals surface area contributed by atoms with Crippen molar-refractivity contribution >= 4 is 21.4 Å². The molecule has 0 saturated carbocycles. The SMILES string of the molecule is C[C@H](c1csc2ccccc12)N1CCNCC1. The van der Waals surface area contributed by atoms with Crippen molar-refractivity contribution in [1.82, 2.24) is 10.2 Å². The quantitative estimate of drug-likeness (QED) is 0.876. The van der Waals surface area contributed by atoms with E-state index in [1.807, 2.05) is 11.3 Å². The van der Waals surface area contributed by atoms with Crippen molar-refractivity contribution in [3.8, 4) is 0 Å². The molecule has 17 heavy (non-hydrogen) atoms. The minimum absolute atomic E-state index is 0.535. The van der Waals surface area contributed by atoms with Crippen molar-refractivity contribution in [3.63, 3.8) is 0 Å². The lowest BCUT2D eigenvalue weighted by Crippen LogP contribution is -2.44. The summed E-state index contributed by atoms with van der Waals surface area (Å²) < 4.78 is 1.41. The van der Waals surface area contributed by atoms with Crippen LogP contribution in [0.1, 0.15) is 18.5 Å². The number of nitrogens with zero attached hydrogens (tertiary/aromatic N) is 1. The highest BCUT2D eigenvalue weighted by Gasteiger charge is 2.20. The van der Waals surface area contributed by atoms with E-state index in [2.05, 4.69) is 46.8 Å². The van der Waals surface area contributed by atoms with Gasteiger partial charge < -0.3 is 5.32 Å². The zero-order valence-electron chi connectivity index (χ0n) is 10.1. The molecule has 1 aromatic carbocycles.